The molecule has 0 saturated heterocycles. The van der Waals surface area contributed by atoms with Gasteiger partial charge in [-0.15, -0.1) is 0 Å². The SMILES string of the molecule is CCc1nc(OC)c(Br)cc1[N+](=O)[O-]. The van der Waals surface area contributed by atoms with Gasteiger partial charge < -0.3 is 4.74 Å². The fraction of sp³-hybridized carbons (Fsp3) is 0.375. The van der Waals surface area contributed by atoms with Crippen molar-refractivity contribution < 1.29 is 9.66 Å². The fourth-order valence-electron chi connectivity index (χ4n) is 1.06. The van der Waals surface area contributed by atoms with Gasteiger partial charge >= 0.3 is 0 Å². The highest BCUT2D eigenvalue weighted by Crippen LogP contribution is 2.29. The van der Waals surface area contributed by atoms with E-state index in [1.165, 1.54) is 13.2 Å². The largest absolute Gasteiger partial charge is 0.480 e. The molecule has 0 spiro atoms. The molecule has 0 aromatic carbocycles. The maximum Gasteiger partial charge on any atom is 0.292 e. The maximum absolute atomic E-state index is 10.6. The molecule has 1 heterocycles. The molecule has 1 rings (SSSR count). The lowest BCUT2D eigenvalue weighted by atomic mass is 10.2. The number of nitro groups is 1. The molecule has 76 valence electrons. The van der Waals surface area contributed by atoms with Gasteiger partial charge in [0.05, 0.1) is 16.5 Å². The smallest absolute Gasteiger partial charge is 0.292 e. The second kappa shape index (κ2) is 4.36. The molecule has 0 saturated carbocycles. The number of methoxy groups -OCH3 is 1. The second-order valence-electron chi connectivity index (χ2n) is 2.56. The van der Waals surface area contributed by atoms with Gasteiger partial charge in [-0.3, -0.25) is 10.1 Å². The van der Waals surface area contributed by atoms with Crippen LogP contribution >= 0.6 is 15.9 Å². The van der Waals surface area contributed by atoms with Crippen molar-refractivity contribution >= 4 is 21.6 Å². The van der Waals surface area contributed by atoms with Crippen LogP contribution in [0.5, 0.6) is 5.88 Å². The fourth-order valence-corrected chi connectivity index (χ4v) is 1.53. The van der Waals surface area contributed by atoms with E-state index in [-0.39, 0.29) is 5.69 Å². The molecule has 0 amide bonds. The number of rotatable bonds is 3. The molecular formula is C8H9BrN2O3. The zero-order valence-electron chi connectivity index (χ0n) is 7.78. The van der Waals surface area contributed by atoms with Crippen molar-refractivity contribution in [3.05, 3.63) is 26.3 Å². The van der Waals surface area contributed by atoms with Crippen molar-refractivity contribution in [3.63, 3.8) is 0 Å². The minimum Gasteiger partial charge on any atom is -0.480 e. The molecule has 0 radical (unpaired) electrons. The van der Waals surface area contributed by atoms with Crippen LogP contribution in [0.3, 0.4) is 0 Å². The first-order valence-electron chi connectivity index (χ1n) is 3.98. The number of ether oxygens (including phenoxy) is 1. The van der Waals surface area contributed by atoms with Crippen LogP contribution in [-0.2, 0) is 6.42 Å². The number of halogens is 1. The summed E-state index contributed by atoms with van der Waals surface area (Å²) in [4.78, 5) is 14.2. The van der Waals surface area contributed by atoms with Gasteiger partial charge in [-0.25, -0.2) is 4.98 Å². The number of hydrogen-bond acceptors (Lipinski definition) is 4. The van der Waals surface area contributed by atoms with Gasteiger partial charge in [-0.05, 0) is 22.4 Å². The number of aryl methyl sites for hydroxylation is 1. The van der Waals surface area contributed by atoms with Gasteiger partial charge in [0.1, 0.15) is 5.69 Å². The number of hydrogen-bond donors (Lipinski definition) is 0. The Morgan fingerprint density at radius 3 is 2.79 bits per heavy atom. The van der Waals surface area contributed by atoms with Crippen molar-refractivity contribution in [2.24, 2.45) is 0 Å². The van der Waals surface area contributed by atoms with Crippen LogP contribution < -0.4 is 4.74 Å². The van der Waals surface area contributed by atoms with Crippen molar-refractivity contribution in [2.45, 2.75) is 13.3 Å². The molecular weight excluding hydrogens is 252 g/mol. The first-order chi connectivity index (χ1) is 6.60. The Morgan fingerprint density at radius 1 is 1.71 bits per heavy atom. The van der Waals surface area contributed by atoms with Crippen molar-refractivity contribution in [1.82, 2.24) is 4.98 Å². The highest BCUT2D eigenvalue weighted by Gasteiger charge is 2.17. The van der Waals surface area contributed by atoms with Gasteiger partial charge in [0, 0.05) is 6.07 Å². The van der Waals surface area contributed by atoms with Crippen molar-refractivity contribution in [2.75, 3.05) is 7.11 Å². The van der Waals surface area contributed by atoms with Gasteiger partial charge in [-0.2, -0.15) is 0 Å². The minimum absolute atomic E-state index is 0.0141. The van der Waals surface area contributed by atoms with Crippen LogP contribution in [0.2, 0.25) is 0 Å². The van der Waals surface area contributed by atoms with Crippen LogP contribution in [0.15, 0.2) is 10.5 Å². The Kier molecular flexibility index (Phi) is 3.40. The predicted octanol–water partition coefficient (Wildman–Crippen LogP) is 2.32. The van der Waals surface area contributed by atoms with E-state index in [1.807, 2.05) is 6.92 Å². The average Bonchev–Trinajstić information content (AvgIpc) is 2.17. The summed E-state index contributed by atoms with van der Waals surface area (Å²) in [5.74, 6) is 0.368. The second-order valence-corrected chi connectivity index (χ2v) is 3.41. The van der Waals surface area contributed by atoms with Crippen LogP contribution in [-0.4, -0.2) is 17.0 Å². The molecule has 0 aliphatic carbocycles. The zero-order valence-corrected chi connectivity index (χ0v) is 9.37. The van der Waals surface area contributed by atoms with E-state index in [0.29, 0.717) is 22.5 Å². The highest BCUT2D eigenvalue weighted by molar-refractivity contribution is 9.10. The first kappa shape index (κ1) is 10.9. The third kappa shape index (κ3) is 2.01. The Morgan fingerprint density at radius 2 is 2.36 bits per heavy atom. The molecule has 0 N–H and O–H groups in total. The van der Waals surface area contributed by atoms with Crippen LogP contribution in [0.4, 0.5) is 5.69 Å². The van der Waals surface area contributed by atoms with E-state index in [4.69, 9.17) is 4.74 Å². The van der Waals surface area contributed by atoms with Crippen molar-refractivity contribution in [3.8, 4) is 5.88 Å². The molecule has 1 aromatic heterocycles. The van der Waals surface area contributed by atoms with E-state index in [9.17, 15) is 10.1 Å². The average molecular weight is 261 g/mol. The molecule has 1 aromatic rings. The summed E-state index contributed by atoms with van der Waals surface area (Å²) in [6, 6.07) is 1.41. The summed E-state index contributed by atoms with van der Waals surface area (Å²) in [5.41, 5.74) is 0.440. The van der Waals surface area contributed by atoms with Crippen LogP contribution in [0, 0.1) is 10.1 Å². The van der Waals surface area contributed by atoms with Gasteiger partial charge in [0.25, 0.3) is 5.69 Å². The summed E-state index contributed by atoms with van der Waals surface area (Å²) >= 11 is 3.15. The summed E-state index contributed by atoms with van der Waals surface area (Å²) < 4.78 is 5.43. The Balaban J connectivity index is 3.31. The van der Waals surface area contributed by atoms with E-state index in [2.05, 4.69) is 20.9 Å². The summed E-state index contributed by atoms with van der Waals surface area (Å²) in [6.07, 6.45) is 0.500. The molecule has 14 heavy (non-hydrogen) atoms. The third-order valence-electron chi connectivity index (χ3n) is 1.72. The Hall–Kier alpha value is -1.17. The van der Waals surface area contributed by atoms with Crippen LogP contribution in [0.1, 0.15) is 12.6 Å². The number of pyridine rings is 1. The molecule has 0 aliphatic rings. The molecule has 0 unspecified atom stereocenters. The Labute approximate surface area is 89.4 Å². The molecule has 6 heteroatoms. The minimum atomic E-state index is -0.448. The van der Waals surface area contributed by atoms with Gasteiger partial charge in [0.2, 0.25) is 5.88 Å². The zero-order chi connectivity index (χ0) is 10.7. The lowest BCUT2D eigenvalue weighted by molar-refractivity contribution is -0.386. The lowest BCUT2D eigenvalue weighted by Crippen LogP contribution is -2.00. The monoisotopic (exact) mass is 260 g/mol. The first-order valence-corrected chi connectivity index (χ1v) is 4.77. The number of nitrogens with zero attached hydrogens (tertiary/aromatic N) is 2. The van der Waals surface area contributed by atoms with Gasteiger partial charge in [-0.1, -0.05) is 6.92 Å². The normalized spacial score (nSPS) is 9.93. The highest BCUT2D eigenvalue weighted by atomic mass is 79.9. The van der Waals surface area contributed by atoms with Gasteiger partial charge in [0.15, 0.2) is 0 Å². The van der Waals surface area contributed by atoms with E-state index < -0.39 is 4.92 Å². The van der Waals surface area contributed by atoms with Crippen LogP contribution in [0.25, 0.3) is 0 Å². The molecule has 0 fully saturated rings. The number of aromatic nitrogens is 1. The topological polar surface area (TPSA) is 65.3 Å². The maximum atomic E-state index is 10.6. The molecule has 5 nitrogen and oxygen atoms in total. The Bertz CT molecular complexity index is 368. The standard InChI is InChI=1S/C8H9BrN2O3/c1-3-6-7(11(12)13)4-5(9)8(10-6)14-2/h4H,3H2,1-2H3. The quantitative estimate of drug-likeness (QED) is 0.618. The summed E-state index contributed by atoms with van der Waals surface area (Å²) in [7, 11) is 1.47. The summed E-state index contributed by atoms with van der Waals surface area (Å²) in [6.45, 7) is 1.81. The third-order valence-corrected chi connectivity index (χ3v) is 2.29. The lowest BCUT2D eigenvalue weighted by Gasteiger charge is -2.04. The van der Waals surface area contributed by atoms with E-state index in [1.54, 1.807) is 0 Å². The van der Waals surface area contributed by atoms with E-state index >= 15 is 0 Å². The molecule has 0 atom stereocenters. The molecule has 0 bridgehead atoms. The summed E-state index contributed by atoms with van der Waals surface area (Å²) in [5, 5.41) is 10.6. The van der Waals surface area contributed by atoms with E-state index in [0.717, 1.165) is 0 Å². The van der Waals surface area contributed by atoms with Crippen molar-refractivity contribution in [1.29, 1.82) is 0 Å². The predicted molar refractivity (Wildman–Crippen MR) is 54.5 cm³/mol. The molecule has 0 aliphatic heterocycles.